The highest BCUT2D eigenvalue weighted by atomic mass is 32.2. The molecule has 2 saturated heterocycles. The number of methoxy groups -OCH3 is 1. The van der Waals surface area contributed by atoms with Gasteiger partial charge in [0.05, 0.1) is 31.4 Å². The van der Waals surface area contributed by atoms with Gasteiger partial charge in [-0.05, 0) is 58.1 Å². The summed E-state index contributed by atoms with van der Waals surface area (Å²) in [6.07, 6.45) is 5.05. The number of amides is 3. The van der Waals surface area contributed by atoms with E-state index in [4.69, 9.17) is 24.2 Å². The average Bonchev–Trinajstić information content (AvgIpc) is 3.51. The molecular weight excluding hydrogens is 877 g/mol. The van der Waals surface area contributed by atoms with Crippen molar-refractivity contribution in [1.82, 2.24) is 34.1 Å². The number of allylic oxidation sites excluding steroid dienone is 1. The van der Waals surface area contributed by atoms with E-state index in [0.29, 0.717) is 66.0 Å². The number of pyridine rings is 1. The van der Waals surface area contributed by atoms with Crippen LogP contribution in [0.4, 0.5) is 9.93 Å². The summed E-state index contributed by atoms with van der Waals surface area (Å²) in [6, 6.07) is 5.05. The van der Waals surface area contributed by atoms with Crippen LogP contribution in [-0.2, 0) is 29.3 Å². The molecule has 2 aromatic heterocycles. The molecule has 20 heteroatoms. The number of rotatable bonds is 11. The number of carboxylic acid groups (broad SMARTS) is 1. The van der Waals surface area contributed by atoms with Crippen molar-refractivity contribution in [3.05, 3.63) is 41.8 Å². The van der Waals surface area contributed by atoms with Crippen LogP contribution in [0.2, 0.25) is 0 Å². The molecule has 1 saturated carbocycles. The Kier molecular flexibility index (Phi) is 14.3. The molecule has 7 rings (SSSR count). The highest BCUT2D eigenvalue weighted by Gasteiger charge is 2.61. The van der Waals surface area contributed by atoms with Crippen molar-refractivity contribution >= 4 is 61.5 Å². The van der Waals surface area contributed by atoms with E-state index in [0.717, 1.165) is 11.6 Å². The van der Waals surface area contributed by atoms with Gasteiger partial charge in [0.15, 0.2) is 5.13 Å². The van der Waals surface area contributed by atoms with Gasteiger partial charge >= 0.3 is 12.1 Å². The monoisotopic (exact) mass is 938 g/mol. The molecule has 0 spiro atoms. The van der Waals surface area contributed by atoms with Crippen molar-refractivity contribution in [3.8, 4) is 22.9 Å². The van der Waals surface area contributed by atoms with Gasteiger partial charge in [0.2, 0.25) is 11.8 Å². The predicted molar refractivity (Wildman–Crippen MR) is 246 cm³/mol. The number of carboxylic acids is 1. The van der Waals surface area contributed by atoms with Crippen LogP contribution >= 0.6 is 11.3 Å². The van der Waals surface area contributed by atoms with Crippen molar-refractivity contribution in [3.63, 3.8) is 0 Å². The van der Waals surface area contributed by atoms with Crippen LogP contribution in [-0.4, -0.2) is 137 Å². The Labute approximate surface area is 384 Å². The Bertz CT molecular complexity index is 2400. The number of aliphatic carboxylic acids is 1. The van der Waals surface area contributed by atoms with Crippen LogP contribution in [0, 0.1) is 11.3 Å². The van der Waals surface area contributed by atoms with Crippen molar-refractivity contribution in [2.75, 3.05) is 45.7 Å². The zero-order valence-corrected chi connectivity index (χ0v) is 39.8. The maximum absolute atomic E-state index is 14.9. The molecule has 3 amide bonds. The fourth-order valence-electron chi connectivity index (χ4n) is 8.62. The van der Waals surface area contributed by atoms with Crippen LogP contribution in [0.3, 0.4) is 0 Å². The van der Waals surface area contributed by atoms with Gasteiger partial charge < -0.3 is 40.2 Å². The molecule has 4 aliphatic rings. The highest BCUT2D eigenvalue weighted by molar-refractivity contribution is 7.86. The lowest BCUT2D eigenvalue weighted by Crippen LogP contribution is -2.57. The predicted octanol–water partition coefficient (Wildman–Crippen LogP) is 5.41. The van der Waals surface area contributed by atoms with Crippen LogP contribution in [0.5, 0.6) is 11.5 Å². The Balaban J connectivity index is 1.19. The van der Waals surface area contributed by atoms with Crippen LogP contribution in [0.15, 0.2) is 41.8 Å². The minimum atomic E-state index is -3.76. The number of ether oxygens (including phenoxy) is 3. The molecule has 65 heavy (non-hydrogen) atoms. The molecule has 0 radical (unpaired) electrons. The van der Waals surface area contributed by atoms with Gasteiger partial charge in [0.25, 0.3) is 10.2 Å². The molecule has 3 fully saturated rings. The van der Waals surface area contributed by atoms with Gasteiger partial charge in [-0.3, -0.25) is 9.59 Å². The summed E-state index contributed by atoms with van der Waals surface area (Å²) in [5.74, 6) is -1.75. The van der Waals surface area contributed by atoms with Gasteiger partial charge in [0.1, 0.15) is 47.0 Å². The molecule has 354 valence electrons. The number of carbonyl (C=O) groups excluding carboxylic acids is 3. The number of carbonyl (C=O) groups is 4. The van der Waals surface area contributed by atoms with Gasteiger partial charge in [-0.1, -0.05) is 45.8 Å². The summed E-state index contributed by atoms with van der Waals surface area (Å²) in [7, 11) is -0.681. The molecule has 0 bridgehead atoms. The second-order valence-corrected chi connectivity index (χ2v) is 21.7. The fourth-order valence-corrected chi connectivity index (χ4v) is 10.9. The number of aromatic nitrogens is 2. The van der Waals surface area contributed by atoms with E-state index in [1.165, 1.54) is 31.9 Å². The molecule has 6 atom stereocenters. The largest absolute Gasteiger partial charge is 0.497 e. The summed E-state index contributed by atoms with van der Waals surface area (Å²) < 4.78 is 47.2. The molecular formula is C45H62N8O10S2. The lowest BCUT2D eigenvalue weighted by Gasteiger charge is -2.38. The standard InChI is InChI=1S/C45H62N8O10S2/c1-27(2)46-42-48-35(26-64-42)34-22-37(31-17-16-29(61-7)20-33(31)47-34)62-30-21-36-39(54)50-45(41(56)57)23-28(45)14-11-9-8-10-12-15-32(40(55)53(36)24-30)49-43(58)63-38(44(3,4)5)25-52-19-13-18-51(6)65(52,59)60/h11,14,16-17,20,22,26-28,30,32,36,38H,8-10,12-13,15,18-19,21,23-25H2,1-7H3,(H,46,48)(H,49,58)(H,50,54)(H,56,57)/b14-11-/t28?,30-,32+,36+,38?,45-/m1/s1. The van der Waals surface area contributed by atoms with Crippen molar-refractivity contribution in [1.29, 1.82) is 0 Å². The lowest BCUT2D eigenvalue weighted by molar-refractivity contribution is -0.145. The SMILES string of the molecule is COc1ccc2c(O[C@@H]3C[C@H]4C(=O)N[C@]5(C(=O)O)CC5/C=C\CCCCC[C@H](NC(=O)OC(CN5CCCN(C)S5(=O)=O)C(C)(C)C)C(=O)N4C3)cc(-c3csc(NC(C)C)n3)nc2c1. The van der Waals surface area contributed by atoms with Crippen LogP contribution in [0.25, 0.3) is 22.3 Å². The fraction of sp³-hybridized carbons (Fsp3) is 0.600. The summed E-state index contributed by atoms with van der Waals surface area (Å²) in [5, 5.41) is 22.6. The number of hydrogen-bond donors (Lipinski definition) is 4. The zero-order chi connectivity index (χ0) is 46.8. The number of fused-ring (bicyclic) bond motifs is 3. The molecule has 2 unspecified atom stereocenters. The normalized spacial score (nSPS) is 26.5. The second-order valence-electron chi connectivity index (χ2n) is 18.8. The number of thiazole rings is 1. The summed E-state index contributed by atoms with van der Waals surface area (Å²) >= 11 is 1.44. The van der Waals surface area contributed by atoms with Gasteiger partial charge in [-0.2, -0.15) is 17.0 Å². The van der Waals surface area contributed by atoms with Crippen molar-refractivity contribution in [2.45, 2.75) is 122 Å². The van der Waals surface area contributed by atoms with Crippen molar-refractivity contribution < 1.29 is 46.9 Å². The van der Waals surface area contributed by atoms with Gasteiger partial charge in [-0.15, -0.1) is 11.3 Å². The van der Waals surface area contributed by atoms with Gasteiger partial charge in [-0.25, -0.2) is 19.6 Å². The van der Waals surface area contributed by atoms with E-state index in [1.54, 1.807) is 25.3 Å². The number of alkyl carbamates (subject to hydrolysis) is 1. The Morgan fingerprint density at radius 3 is 2.58 bits per heavy atom. The average molecular weight is 939 g/mol. The van der Waals surface area contributed by atoms with Crippen molar-refractivity contribution in [2.24, 2.45) is 11.3 Å². The quantitative estimate of drug-likeness (QED) is 0.177. The van der Waals surface area contributed by atoms with Gasteiger partial charge in [0, 0.05) is 66.8 Å². The first-order valence-corrected chi connectivity index (χ1v) is 24.7. The van der Waals surface area contributed by atoms with E-state index in [-0.39, 0.29) is 44.9 Å². The molecule has 3 aromatic rings. The molecule has 1 aliphatic carbocycles. The summed E-state index contributed by atoms with van der Waals surface area (Å²) in [4.78, 5) is 67.0. The van der Waals surface area contributed by atoms with E-state index >= 15 is 0 Å². The third kappa shape index (κ3) is 10.8. The smallest absolute Gasteiger partial charge is 0.408 e. The number of anilines is 1. The van der Waals surface area contributed by atoms with E-state index in [2.05, 4.69) is 16.0 Å². The first-order chi connectivity index (χ1) is 30.8. The topological polar surface area (TPSA) is 222 Å². The second kappa shape index (κ2) is 19.4. The van der Waals surface area contributed by atoms with E-state index in [1.807, 2.05) is 58.2 Å². The van der Waals surface area contributed by atoms with Crippen LogP contribution in [0.1, 0.15) is 86.0 Å². The first-order valence-electron chi connectivity index (χ1n) is 22.4. The molecule has 18 nitrogen and oxygen atoms in total. The number of nitrogens with one attached hydrogen (secondary N) is 3. The third-order valence-electron chi connectivity index (χ3n) is 12.6. The minimum absolute atomic E-state index is 0.0181. The first kappa shape index (κ1) is 47.9. The maximum Gasteiger partial charge on any atom is 0.408 e. The minimum Gasteiger partial charge on any atom is -0.497 e. The molecule has 3 aliphatic heterocycles. The Hall–Kier alpha value is -5.05. The molecule has 1 aromatic carbocycles. The maximum atomic E-state index is 14.9. The Morgan fingerprint density at radius 2 is 1.86 bits per heavy atom. The number of hydrogen-bond acceptors (Lipinski definition) is 13. The molecule has 5 heterocycles. The number of benzene rings is 1. The third-order valence-corrected chi connectivity index (χ3v) is 15.3. The van der Waals surface area contributed by atoms with E-state index in [9.17, 15) is 32.7 Å². The summed E-state index contributed by atoms with van der Waals surface area (Å²) in [6.45, 7) is 10.1. The summed E-state index contributed by atoms with van der Waals surface area (Å²) in [5.41, 5.74) is -0.475. The Morgan fingerprint density at radius 1 is 1.08 bits per heavy atom. The lowest BCUT2D eigenvalue weighted by atomic mass is 9.89. The van der Waals surface area contributed by atoms with E-state index < -0.39 is 75.2 Å². The van der Waals surface area contributed by atoms with Crippen LogP contribution < -0.4 is 25.4 Å². The highest BCUT2D eigenvalue weighted by Crippen LogP contribution is 2.46. The zero-order valence-electron chi connectivity index (χ0n) is 38.2. The number of nitrogens with zero attached hydrogens (tertiary/aromatic N) is 5. The molecule has 4 N–H and O–H groups in total.